The molecule has 0 unspecified atom stereocenters. The fourth-order valence-corrected chi connectivity index (χ4v) is 2.60. The summed E-state index contributed by atoms with van der Waals surface area (Å²) in [6, 6.07) is 8.95. The van der Waals surface area contributed by atoms with E-state index in [1.165, 1.54) is 0 Å². The third kappa shape index (κ3) is 4.83. The Labute approximate surface area is 161 Å². The standard InChI is InChI=1S/C19H21N5O4/c20-8-2-10-28-17-7-9-24-19(23-17)15(12-21-24)13-3-1-4-14(11-13)22-16(25)5-6-18(26)27/h1,3-4,7,9,11-12H,2,5-6,8,10,20H2,(H,22,25)(H,26,27). The van der Waals surface area contributed by atoms with Crippen LogP contribution in [0.15, 0.2) is 42.7 Å². The number of anilines is 1. The fourth-order valence-electron chi connectivity index (χ4n) is 2.60. The minimum Gasteiger partial charge on any atom is -0.481 e. The van der Waals surface area contributed by atoms with E-state index in [4.69, 9.17) is 15.6 Å². The zero-order chi connectivity index (χ0) is 19.9. The molecule has 0 fully saturated rings. The highest BCUT2D eigenvalue weighted by Gasteiger charge is 2.11. The lowest BCUT2D eigenvalue weighted by Crippen LogP contribution is -2.13. The molecule has 0 bridgehead atoms. The van der Waals surface area contributed by atoms with E-state index >= 15 is 0 Å². The van der Waals surface area contributed by atoms with Crippen molar-refractivity contribution in [3.8, 4) is 17.0 Å². The van der Waals surface area contributed by atoms with E-state index in [0.717, 1.165) is 17.5 Å². The summed E-state index contributed by atoms with van der Waals surface area (Å²) in [4.78, 5) is 27.0. The summed E-state index contributed by atoms with van der Waals surface area (Å²) in [5.41, 5.74) is 8.27. The lowest BCUT2D eigenvalue weighted by Gasteiger charge is -2.07. The van der Waals surface area contributed by atoms with Gasteiger partial charge in [0, 0.05) is 29.9 Å². The minimum absolute atomic E-state index is 0.0820. The van der Waals surface area contributed by atoms with Crippen molar-refractivity contribution in [3.63, 3.8) is 0 Å². The molecule has 28 heavy (non-hydrogen) atoms. The van der Waals surface area contributed by atoms with Gasteiger partial charge in [-0.25, -0.2) is 4.52 Å². The molecule has 9 nitrogen and oxygen atoms in total. The van der Waals surface area contributed by atoms with E-state index in [1.54, 1.807) is 41.2 Å². The van der Waals surface area contributed by atoms with Crippen molar-refractivity contribution in [3.05, 3.63) is 42.7 Å². The number of carboxylic acids is 1. The number of aromatic nitrogens is 3. The predicted octanol–water partition coefficient (Wildman–Crippen LogP) is 1.93. The van der Waals surface area contributed by atoms with Crippen LogP contribution in [0.3, 0.4) is 0 Å². The van der Waals surface area contributed by atoms with Gasteiger partial charge in [0.05, 0.1) is 19.2 Å². The average Bonchev–Trinajstić information content (AvgIpc) is 3.10. The number of aliphatic carboxylic acids is 1. The normalized spacial score (nSPS) is 10.8. The van der Waals surface area contributed by atoms with E-state index in [1.807, 2.05) is 6.07 Å². The number of fused-ring (bicyclic) bond motifs is 1. The Hall–Kier alpha value is -3.46. The molecule has 3 rings (SSSR count). The van der Waals surface area contributed by atoms with Gasteiger partial charge in [0.25, 0.3) is 0 Å². The molecule has 4 N–H and O–H groups in total. The first-order valence-electron chi connectivity index (χ1n) is 8.86. The van der Waals surface area contributed by atoms with E-state index in [2.05, 4.69) is 15.4 Å². The highest BCUT2D eigenvalue weighted by molar-refractivity contribution is 5.93. The van der Waals surface area contributed by atoms with Gasteiger partial charge in [-0.3, -0.25) is 9.59 Å². The molecule has 0 aliphatic rings. The highest BCUT2D eigenvalue weighted by atomic mass is 16.5. The highest BCUT2D eigenvalue weighted by Crippen LogP contribution is 2.27. The number of nitrogens with zero attached hydrogens (tertiary/aromatic N) is 3. The van der Waals surface area contributed by atoms with Crippen molar-refractivity contribution in [2.45, 2.75) is 19.3 Å². The smallest absolute Gasteiger partial charge is 0.303 e. The van der Waals surface area contributed by atoms with Crippen LogP contribution in [0.1, 0.15) is 19.3 Å². The number of carboxylic acid groups (broad SMARTS) is 1. The molecule has 0 aliphatic heterocycles. The second-order valence-electron chi connectivity index (χ2n) is 6.11. The van der Waals surface area contributed by atoms with Gasteiger partial charge in [-0.05, 0) is 30.7 Å². The molecule has 0 saturated heterocycles. The molecule has 2 heterocycles. The summed E-state index contributed by atoms with van der Waals surface area (Å²) < 4.78 is 7.24. The molecule has 0 radical (unpaired) electrons. The van der Waals surface area contributed by atoms with Crippen LogP contribution in [0, 0.1) is 0 Å². The number of amides is 1. The number of nitrogens with one attached hydrogen (secondary N) is 1. The molecule has 3 aromatic rings. The number of carbonyl (C=O) groups is 2. The van der Waals surface area contributed by atoms with Crippen molar-refractivity contribution in [1.82, 2.24) is 14.6 Å². The third-order valence-electron chi connectivity index (χ3n) is 3.97. The number of rotatable bonds is 9. The third-order valence-corrected chi connectivity index (χ3v) is 3.97. The first-order valence-corrected chi connectivity index (χ1v) is 8.86. The van der Waals surface area contributed by atoms with E-state index < -0.39 is 5.97 Å². The quantitative estimate of drug-likeness (QED) is 0.481. The van der Waals surface area contributed by atoms with Gasteiger partial charge in [0.2, 0.25) is 11.8 Å². The molecule has 1 amide bonds. The largest absolute Gasteiger partial charge is 0.481 e. The van der Waals surface area contributed by atoms with Gasteiger partial charge in [-0.2, -0.15) is 10.1 Å². The van der Waals surface area contributed by atoms with E-state index in [0.29, 0.717) is 30.4 Å². The maximum Gasteiger partial charge on any atom is 0.303 e. The lowest BCUT2D eigenvalue weighted by molar-refractivity contribution is -0.138. The first-order chi connectivity index (χ1) is 13.6. The van der Waals surface area contributed by atoms with Gasteiger partial charge >= 0.3 is 5.97 Å². The van der Waals surface area contributed by atoms with Crippen molar-refractivity contribution in [2.24, 2.45) is 5.73 Å². The van der Waals surface area contributed by atoms with Crippen LogP contribution < -0.4 is 15.8 Å². The second-order valence-corrected chi connectivity index (χ2v) is 6.11. The topological polar surface area (TPSA) is 132 Å². The molecular weight excluding hydrogens is 362 g/mol. The van der Waals surface area contributed by atoms with Crippen LogP contribution >= 0.6 is 0 Å². The maximum atomic E-state index is 11.9. The number of hydrogen-bond acceptors (Lipinski definition) is 6. The Balaban J connectivity index is 1.81. The first kappa shape index (κ1) is 19.3. The number of nitrogens with two attached hydrogens (primary N) is 1. The average molecular weight is 383 g/mol. The van der Waals surface area contributed by atoms with Crippen molar-refractivity contribution in [2.75, 3.05) is 18.5 Å². The summed E-state index contributed by atoms with van der Waals surface area (Å²) in [6.45, 7) is 1.03. The van der Waals surface area contributed by atoms with Gasteiger partial charge in [-0.15, -0.1) is 0 Å². The molecule has 1 aromatic carbocycles. The van der Waals surface area contributed by atoms with Gasteiger partial charge in [0.1, 0.15) is 0 Å². The Morgan fingerprint density at radius 3 is 2.89 bits per heavy atom. The van der Waals surface area contributed by atoms with E-state index in [9.17, 15) is 9.59 Å². The second kappa shape index (κ2) is 8.96. The maximum absolute atomic E-state index is 11.9. The predicted molar refractivity (Wildman–Crippen MR) is 103 cm³/mol. The van der Waals surface area contributed by atoms with Crippen molar-refractivity contribution in [1.29, 1.82) is 0 Å². The van der Waals surface area contributed by atoms with Gasteiger partial charge in [-0.1, -0.05) is 12.1 Å². The van der Waals surface area contributed by atoms with Crippen LogP contribution in [-0.2, 0) is 9.59 Å². The number of hydrogen-bond donors (Lipinski definition) is 3. The molecule has 0 saturated carbocycles. The Kier molecular flexibility index (Phi) is 6.18. The minimum atomic E-state index is -1.01. The summed E-state index contributed by atoms with van der Waals surface area (Å²) in [5.74, 6) is -0.875. The van der Waals surface area contributed by atoms with E-state index in [-0.39, 0.29) is 18.7 Å². The molecule has 0 atom stereocenters. The van der Waals surface area contributed by atoms with Crippen LogP contribution in [0.5, 0.6) is 5.88 Å². The lowest BCUT2D eigenvalue weighted by atomic mass is 10.1. The van der Waals surface area contributed by atoms with Gasteiger partial charge in [0.15, 0.2) is 5.65 Å². The summed E-state index contributed by atoms with van der Waals surface area (Å²) in [6.07, 6.45) is 3.90. The summed E-state index contributed by atoms with van der Waals surface area (Å²) >= 11 is 0. The monoisotopic (exact) mass is 383 g/mol. The number of carbonyl (C=O) groups excluding carboxylic acids is 1. The molecular formula is C19H21N5O4. The molecule has 2 aromatic heterocycles. The Morgan fingerprint density at radius 1 is 1.25 bits per heavy atom. The summed E-state index contributed by atoms with van der Waals surface area (Å²) in [5, 5.41) is 15.7. The van der Waals surface area contributed by atoms with Crippen LogP contribution in [0.25, 0.3) is 16.8 Å². The van der Waals surface area contributed by atoms with Crippen molar-refractivity contribution >= 4 is 23.2 Å². The molecule has 0 spiro atoms. The SMILES string of the molecule is NCCCOc1ccn2ncc(-c3cccc(NC(=O)CCC(=O)O)c3)c2n1. The van der Waals surface area contributed by atoms with Crippen LogP contribution in [0.2, 0.25) is 0 Å². The number of ether oxygens (including phenoxy) is 1. The number of benzene rings is 1. The molecule has 9 heteroatoms. The Morgan fingerprint density at radius 2 is 2.11 bits per heavy atom. The molecule has 146 valence electrons. The van der Waals surface area contributed by atoms with Crippen molar-refractivity contribution < 1.29 is 19.4 Å². The summed E-state index contributed by atoms with van der Waals surface area (Å²) in [7, 11) is 0. The zero-order valence-electron chi connectivity index (χ0n) is 15.2. The van der Waals surface area contributed by atoms with Crippen LogP contribution in [0.4, 0.5) is 5.69 Å². The van der Waals surface area contributed by atoms with Gasteiger partial charge < -0.3 is 20.9 Å². The van der Waals surface area contributed by atoms with Crippen LogP contribution in [-0.4, -0.2) is 44.7 Å². The fraction of sp³-hybridized carbons (Fsp3) is 0.263. The molecule has 0 aliphatic carbocycles. The zero-order valence-corrected chi connectivity index (χ0v) is 15.2. The Bertz CT molecular complexity index is 985.